The number of nitrogens with zero attached hydrogens (tertiary/aromatic N) is 3. The van der Waals surface area contributed by atoms with Crippen molar-refractivity contribution in [2.45, 2.75) is 33.2 Å². The number of aryl methyl sites for hydroxylation is 2. The molecular weight excluding hydrogens is 398 g/mol. The van der Waals surface area contributed by atoms with Gasteiger partial charge in [0.05, 0.1) is 29.1 Å². The van der Waals surface area contributed by atoms with Crippen LogP contribution in [0.15, 0.2) is 77.6 Å². The number of carbonyl (C=O) groups is 1. The fourth-order valence-electron chi connectivity index (χ4n) is 3.83. The first-order chi connectivity index (χ1) is 15.4. The number of fused-ring (bicyclic) bond motifs is 1. The molecule has 0 aliphatic heterocycles. The van der Waals surface area contributed by atoms with Gasteiger partial charge in [0.25, 0.3) is 5.56 Å². The Morgan fingerprint density at radius 2 is 1.66 bits per heavy atom. The smallest absolute Gasteiger partial charge is 0.266 e. The molecule has 4 aromatic rings. The highest BCUT2D eigenvalue weighted by Crippen LogP contribution is 2.23. The maximum Gasteiger partial charge on any atom is 0.266 e. The second-order valence-electron chi connectivity index (χ2n) is 8.24. The van der Waals surface area contributed by atoms with Crippen LogP contribution in [0.25, 0.3) is 16.6 Å². The van der Waals surface area contributed by atoms with Gasteiger partial charge < -0.3 is 4.90 Å². The maximum atomic E-state index is 13.6. The fourth-order valence-corrected chi connectivity index (χ4v) is 3.83. The minimum absolute atomic E-state index is 0.0299. The van der Waals surface area contributed by atoms with E-state index in [1.165, 1.54) is 0 Å². The van der Waals surface area contributed by atoms with E-state index >= 15 is 0 Å². The Morgan fingerprint density at radius 3 is 2.38 bits per heavy atom. The van der Waals surface area contributed by atoms with E-state index in [1.54, 1.807) is 22.6 Å². The largest absolute Gasteiger partial charge is 0.336 e. The predicted octanol–water partition coefficient (Wildman–Crippen LogP) is 4.76. The predicted molar refractivity (Wildman–Crippen MR) is 128 cm³/mol. The van der Waals surface area contributed by atoms with Crippen molar-refractivity contribution in [3.8, 4) is 5.69 Å². The lowest BCUT2D eigenvalue weighted by Crippen LogP contribution is -2.35. The van der Waals surface area contributed by atoms with E-state index in [-0.39, 0.29) is 11.5 Å². The molecule has 0 radical (unpaired) electrons. The molecule has 1 unspecified atom stereocenters. The Labute approximate surface area is 188 Å². The van der Waals surface area contributed by atoms with E-state index in [4.69, 9.17) is 4.98 Å². The summed E-state index contributed by atoms with van der Waals surface area (Å²) in [7, 11) is 1.77. The number of hydrogen-bond donors (Lipinski definition) is 0. The van der Waals surface area contributed by atoms with Crippen LogP contribution in [0.4, 0.5) is 0 Å². The van der Waals surface area contributed by atoms with Gasteiger partial charge in [0.15, 0.2) is 0 Å². The third kappa shape index (κ3) is 4.06. The van der Waals surface area contributed by atoms with Crippen molar-refractivity contribution in [2.24, 2.45) is 0 Å². The van der Waals surface area contributed by atoms with Crippen LogP contribution in [-0.4, -0.2) is 27.4 Å². The van der Waals surface area contributed by atoms with Crippen LogP contribution in [-0.2, 0) is 11.2 Å². The van der Waals surface area contributed by atoms with Gasteiger partial charge in [-0.15, -0.1) is 0 Å². The monoisotopic (exact) mass is 425 g/mol. The van der Waals surface area contributed by atoms with Crippen molar-refractivity contribution in [3.05, 3.63) is 106 Å². The average Bonchev–Trinajstić information content (AvgIpc) is 2.80. The Hall–Kier alpha value is -3.73. The highest BCUT2D eigenvalue weighted by atomic mass is 16.2. The lowest BCUT2D eigenvalue weighted by atomic mass is 10.1. The average molecular weight is 426 g/mol. The SMILES string of the molecule is Cc1ccc(-n2c(C(C)N(C)C(=O)Cc3ccccc3)nc3ccccc3c2=O)cc1C. The number of aromatic nitrogens is 2. The number of hydrogen-bond acceptors (Lipinski definition) is 3. The maximum absolute atomic E-state index is 13.6. The normalized spacial score (nSPS) is 12.0. The molecule has 0 saturated carbocycles. The molecule has 4 rings (SSSR count). The second kappa shape index (κ2) is 8.79. The van der Waals surface area contributed by atoms with E-state index < -0.39 is 6.04 Å². The molecule has 0 spiro atoms. The van der Waals surface area contributed by atoms with Crippen LogP contribution in [0.3, 0.4) is 0 Å². The van der Waals surface area contributed by atoms with E-state index in [0.717, 1.165) is 22.4 Å². The molecule has 0 N–H and O–H groups in total. The van der Waals surface area contributed by atoms with Crippen molar-refractivity contribution >= 4 is 16.8 Å². The Kier molecular flexibility index (Phi) is 5.91. The molecule has 1 atom stereocenters. The van der Waals surface area contributed by atoms with Crippen molar-refractivity contribution < 1.29 is 4.79 Å². The van der Waals surface area contributed by atoms with Crippen LogP contribution in [0.5, 0.6) is 0 Å². The summed E-state index contributed by atoms with van der Waals surface area (Å²) in [5, 5.41) is 0.556. The van der Waals surface area contributed by atoms with E-state index in [1.807, 2.05) is 87.5 Å². The number of amides is 1. The van der Waals surface area contributed by atoms with Gasteiger partial charge in [-0.1, -0.05) is 48.5 Å². The molecule has 1 aromatic heterocycles. The number of para-hydroxylation sites is 1. The summed E-state index contributed by atoms with van der Waals surface area (Å²) in [5.74, 6) is 0.513. The quantitative estimate of drug-likeness (QED) is 0.463. The zero-order valence-electron chi connectivity index (χ0n) is 18.9. The topological polar surface area (TPSA) is 55.2 Å². The van der Waals surface area contributed by atoms with E-state index in [2.05, 4.69) is 0 Å². The summed E-state index contributed by atoms with van der Waals surface area (Å²) in [6.45, 7) is 5.98. The van der Waals surface area contributed by atoms with Crippen molar-refractivity contribution in [1.82, 2.24) is 14.5 Å². The first-order valence-electron chi connectivity index (χ1n) is 10.8. The summed E-state index contributed by atoms with van der Waals surface area (Å²) in [4.78, 5) is 33.1. The molecule has 0 aliphatic carbocycles. The molecule has 5 nitrogen and oxygen atoms in total. The highest BCUT2D eigenvalue weighted by molar-refractivity contribution is 5.80. The summed E-state index contributed by atoms with van der Waals surface area (Å²) < 4.78 is 1.64. The van der Waals surface area contributed by atoms with Gasteiger partial charge in [0.2, 0.25) is 5.91 Å². The fraction of sp³-hybridized carbons (Fsp3) is 0.222. The van der Waals surface area contributed by atoms with Gasteiger partial charge in [-0.2, -0.15) is 0 Å². The number of carbonyl (C=O) groups excluding carboxylic acids is 1. The molecule has 0 aliphatic rings. The Bertz CT molecular complexity index is 1340. The molecule has 162 valence electrons. The lowest BCUT2D eigenvalue weighted by Gasteiger charge is -2.27. The molecule has 5 heteroatoms. The first kappa shape index (κ1) is 21.5. The van der Waals surface area contributed by atoms with Crippen molar-refractivity contribution in [1.29, 1.82) is 0 Å². The van der Waals surface area contributed by atoms with Gasteiger partial charge >= 0.3 is 0 Å². The summed E-state index contributed by atoms with van der Waals surface area (Å²) in [5.41, 5.74) is 4.44. The summed E-state index contributed by atoms with van der Waals surface area (Å²) in [6.07, 6.45) is 0.295. The number of likely N-dealkylation sites (N-methyl/N-ethyl adjacent to an activating group) is 1. The number of benzene rings is 3. The molecule has 0 saturated heterocycles. The van der Waals surface area contributed by atoms with Gasteiger partial charge in [-0.25, -0.2) is 4.98 Å². The standard InChI is InChI=1S/C27H27N3O2/c1-18-14-15-22(16-19(18)2)30-26(28-24-13-9-8-12-23(24)27(30)32)20(3)29(4)25(31)17-21-10-6-5-7-11-21/h5-16,20H,17H2,1-4H3. The van der Waals surface area contributed by atoms with Gasteiger partial charge in [-0.3, -0.25) is 14.2 Å². The molecule has 32 heavy (non-hydrogen) atoms. The van der Waals surface area contributed by atoms with Gasteiger partial charge in [0.1, 0.15) is 5.82 Å². The molecule has 1 amide bonds. The van der Waals surface area contributed by atoms with Gasteiger partial charge in [0, 0.05) is 7.05 Å². The van der Waals surface area contributed by atoms with Crippen LogP contribution in [0, 0.1) is 13.8 Å². The number of rotatable bonds is 5. The van der Waals surface area contributed by atoms with Crippen LogP contribution >= 0.6 is 0 Å². The second-order valence-corrected chi connectivity index (χ2v) is 8.24. The molecule has 0 fully saturated rings. The Morgan fingerprint density at radius 1 is 0.969 bits per heavy atom. The minimum Gasteiger partial charge on any atom is -0.336 e. The summed E-state index contributed by atoms with van der Waals surface area (Å²) in [6, 6.07) is 22.5. The summed E-state index contributed by atoms with van der Waals surface area (Å²) >= 11 is 0. The van der Waals surface area contributed by atoms with Crippen LogP contribution in [0.2, 0.25) is 0 Å². The molecule has 1 heterocycles. The first-order valence-corrected chi connectivity index (χ1v) is 10.8. The zero-order valence-corrected chi connectivity index (χ0v) is 18.9. The lowest BCUT2D eigenvalue weighted by molar-refractivity contribution is -0.131. The zero-order chi connectivity index (χ0) is 22.8. The van der Waals surface area contributed by atoms with Crippen LogP contribution < -0.4 is 5.56 Å². The Balaban J connectivity index is 1.82. The minimum atomic E-state index is -0.398. The molecule has 3 aromatic carbocycles. The highest BCUT2D eigenvalue weighted by Gasteiger charge is 2.24. The van der Waals surface area contributed by atoms with Crippen molar-refractivity contribution in [3.63, 3.8) is 0 Å². The molecule has 0 bridgehead atoms. The third-order valence-corrected chi connectivity index (χ3v) is 6.10. The van der Waals surface area contributed by atoms with E-state index in [0.29, 0.717) is 23.1 Å². The molecular formula is C27H27N3O2. The van der Waals surface area contributed by atoms with E-state index in [9.17, 15) is 9.59 Å². The third-order valence-electron chi connectivity index (χ3n) is 6.10. The van der Waals surface area contributed by atoms with Crippen LogP contribution in [0.1, 0.15) is 35.5 Å². The van der Waals surface area contributed by atoms with Gasteiger partial charge in [-0.05, 0) is 61.7 Å². The van der Waals surface area contributed by atoms with Crippen molar-refractivity contribution in [2.75, 3.05) is 7.05 Å².